The van der Waals surface area contributed by atoms with Gasteiger partial charge in [-0.25, -0.2) is 0 Å². The molecule has 0 nitrogen and oxygen atoms in total. The predicted octanol–water partition coefficient (Wildman–Crippen LogP) is 4.97. The van der Waals surface area contributed by atoms with Crippen LogP contribution in [0.1, 0.15) is 24.8 Å². The van der Waals surface area contributed by atoms with Gasteiger partial charge < -0.3 is 0 Å². The van der Waals surface area contributed by atoms with E-state index in [0.717, 1.165) is 5.92 Å². The molecule has 0 aliphatic heterocycles. The topological polar surface area (TPSA) is 0 Å². The van der Waals surface area contributed by atoms with Crippen LogP contribution in [-0.2, 0) is 0 Å². The largest absolute Gasteiger partial charge is 0.0842 e. The fraction of sp³-hybridized carbons (Fsp3) is 0.250. The summed E-state index contributed by atoms with van der Waals surface area (Å²) in [6.07, 6.45) is 13.1. The van der Waals surface area contributed by atoms with Crippen molar-refractivity contribution in [3.05, 3.63) is 63.3 Å². The van der Waals surface area contributed by atoms with Crippen LogP contribution in [0.15, 0.2) is 54.1 Å². The number of rotatable bonds is 1. The minimum atomic E-state index is 0.748. The van der Waals surface area contributed by atoms with E-state index in [1.807, 2.05) is 0 Å². The van der Waals surface area contributed by atoms with Gasteiger partial charge in [-0.3, -0.25) is 0 Å². The lowest BCUT2D eigenvalue weighted by Gasteiger charge is -2.26. The standard InChI is InChI=1S/C16H15I/c17-14-8-3-7-13(11-14)16-10-4-6-12-5-1-2-9-15(12)16/h2-4,7-12H,1,5-6H2. The molecule has 1 heteroatoms. The number of allylic oxidation sites excluding steroid dienone is 6. The van der Waals surface area contributed by atoms with Gasteiger partial charge in [-0.15, -0.1) is 0 Å². The zero-order valence-corrected chi connectivity index (χ0v) is 11.9. The fourth-order valence-corrected chi connectivity index (χ4v) is 3.26. The Kier molecular flexibility index (Phi) is 3.19. The van der Waals surface area contributed by atoms with Crippen LogP contribution in [0.4, 0.5) is 0 Å². The van der Waals surface area contributed by atoms with Crippen molar-refractivity contribution in [1.29, 1.82) is 0 Å². The molecule has 0 amide bonds. The molecule has 1 unspecified atom stereocenters. The average Bonchev–Trinajstić information content (AvgIpc) is 2.38. The number of hydrogen-bond acceptors (Lipinski definition) is 0. The summed E-state index contributed by atoms with van der Waals surface area (Å²) in [5, 5.41) is 0. The van der Waals surface area contributed by atoms with Crippen LogP contribution in [0.2, 0.25) is 0 Å². The molecule has 0 fully saturated rings. The minimum absolute atomic E-state index is 0.748. The monoisotopic (exact) mass is 334 g/mol. The molecule has 0 N–H and O–H groups in total. The summed E-state index contributed by atoms with van der Waals surface area (Å²) < 4.78 is 1.31. The Balaban J connectivity index is 2.11. The van der Waals surface area contributed by atoms with E-state index in [4.69, 9.17) is 0 Å². The molecule has 86 valence electrons. The molecule has 0 saturated carbocycles. The van der Waals surface area contributed by atoms with Crippen LogP contribution in [0.5, 0.6) is 0 Å². The van der Waals surface area contributed by atoms with Crippen molar-refractivity contribution in [2.75, 3.05) is 0 Å². The maximum Gasteiger partial charge on any atom is 0.0136 e. The molecule has 1 aromatic rings. The summed E-state index contributed by atoms with van der Waals surface area (Å²) in [6.45, 7) is 0. The van der Waals surface area contributed by atoms with Gasteiger partial charge in [-0.1, -0.05) is 36.4 Å². The van der Waals surface area contributed by atoms with Gasteiger partial charge in [0, 0.05) is 3.57 Å². The number of hydrogen-bond donors (Lipinski definition) is 0. The van der Waals surface area contributed by atoms with Crippen LogP contribution in [0, 0.1) is 9.49 Å². The van der Waals surface area contributed by atoms with Crippen molar-refractivity contribution in [3.63, 3.8) is 0 Å². The molecule has 1 atom stereocenters. The van der Waals surface area contributed by atoms with Gasteiger partial charge in [0.15, 0.2) is 0 Å². The smallest absolute Gasteiger partial charge is 0.0136 e. The second-order valence-corrected chi connectivity index (χ2v) is 5.94. The highest BCUT2D eigenvalue weighted by molar-refractivity contribution is 14.1. The highest BCUT2D eigenvalue weighted by Crippen LogP contribution is 2.37. The van der Waals surface area contributed by atoms with Gasteiger partial charge in [0.2, 0.25) is 0 Å². The first-order chi connectivity index (χ1) is 8.34. The van der Waals surface area contributed by atoms with Crippen molar-refractivity contribution in [3.8, 4) is 0 Å². The molecule has 0 spiro atoms. The molecule has 0 bridgehead atoms. The van der Waals surface area contributed by atoms with E-state index in [2.05, 4.69) is 71.2 Å². The summed E-state index contributed by atoms with van der Waals surface area (Å²) in [5.41, 5.74) is 4.33. The third-order valence-electron chi connectivity index (χ3n) is 3.57. The summed E-state index contributed by atoms with van der Waals surface area (Å²) in [6, 6.07) is 8.79. The molecule has 0 aromatic heterocycles. The van der Waals surface area contributed by atoms with Crippen molar-refractivity contribution in [2.24, 2.45) is 5.92 Å². The molecular formula is C16H15I. The minimum Gasteiger partial charge on any atom is -0.0842 e. The lowest BCUT2D eigenvalue weighted by molar-refractivity contribution is 0.568. The molecule has 0 saturated heterocycles. The molecule has 1 aromatic carbocycles. The molecule has 3 rings (SSSR count). The average molecular weight is 334 g/mol. The van der Waals surface area contributed by atoms with Gasteiger partial charge in [-0.2, -0.15) is 0 Å². The molecule has 17 heavy (non-hydrogen) atoms. The van der Waals surface area contributed by atoms with E-state index in [9.17, 15) is 0 Å². The van der Waals surface area contributed by atoms with Gasteiger partial charge in [0.25, 0.3) is 0 Å². The Morgan fingerprint density at radius 3 is 2.94 bits per heavy atom. The van der Waals surface area contributed by atoms with E-state index in [0.29, 0.717) is 0 Å². The number of fused-ring (bicyclic) bond motifs is 1. The summed E-state index contributed by atoms with van der Waals surface area (Å²) in [4.78, 5) is 0. The van der Waals surface area contributed by atoms with Crippen LogP contribution in [0.3, 0.4) is 0 Å². The lowest BCUT2D eigenvalue weighted by atomic mass is 9.79. The Bertz CT molecular complexity index is 520. The van der Waals surface area contributed by atoms with Crippen molar-refractivity contribution < 1.29 is 0 Å². The molecule has 0 radical (unpaired) electrons. The quantitative estimate of drug-likeness (QED) is 0.636. The molecule has 2 aliphatic carbocycles. The fourth-order valence-electron chi connectivity index (χ4n) is 2.72. The van der Waals surface area contributed by atoms with E-state index in [-0.39, 0.29) is 0 Å². The van der Waals surface area contributed by atoms with E-state index in [1.54, 1.807) is 5.57 Å². The van der Waals surface area contributed by atoms with Crippen molar-refractivity contribution >= 4 is 28.2 Å². The second-order valence-electron chi connectivity index (χ2n) is 4.69. The van der Waals surface area contributed by atoms with Gasteiger partial charge in [0.1, 0.15) is 0 Å². The lowest BCUT2D eigenvalue weighted by Crippen LogP contribution is -2.10. The molecule has 0 heterocycles. The predicted molar refractivity (Wildman–Crippen MR) is 81.7 cm³/mol. The summed E-state index contributed by atoms with van der Waals surface area (Å²) >= 11 is 2.38. The maximum absolute atomic E-state index is 2.38. The van der Waals surface area contributed by atoms with E-state index in [1.165, 1.54) is 34.0 Å². The first-order valence-corrected chi connectivity index (χ1v) is 7.25. The van der Waals surface area contributed by atoms with Gasteiger partial charge >= 0.3 is 0 Å². The Labute approximate surface area is 116 Å². The third kappa shape index (κ3) is 2.25. The number of halogens is 1. The van der Waals surface area contributed by atoms with Crippen LogP contribution >= 0.6 is 22.6 Å². The maximum atomic E-state index is 2.38. The Morgan fingerprint density at radius 2 is 2.06 bits per heavy atom. The summed E-state index contributed by atoms with van der Waals surface area (Å²) in [7, 11) is 0. The van der Waals surface area contributed by atoms with Gasteiger partial charge in [-0.05, 0) is 76.6 Å². The second kappa shape index (κ2) is 4.81. The Hall–Kier alpha value is -0.830. The van der Waals surface area contributed by atoms with E-state index < -0.39 is 0 Å². The van der Waals surface area contributed by atoms with Crippen LogP contribution < -0.4 is 0 Å². The zero-order chi connectivity index (χ0) is 11.7. The molecular weight excluding hydrogens is 319 g/mol. The molecule has 2 aliphatic rings. The van der Waals surface area contributed by atoms with Crippen molar-refractivity contribution in [1.82, 2.24) is 0 Å². The van der Waals surface area contributed by atoms with Crippen molar-refractivity contribution in [2.45, 2.75) is 19.3 Å². The summed E-state index contributed by atoms with van der Waals surface area (Å²) in [5.74, 6) is 0.748. The van der Waals surface area contributed by atoms with Crippen LogP contribution in [0.25, 0.3) is 5.57 Å². The Morgan fingerprint density at radius 1 is 1.12 bits per heavy atom. The highest BCUT2D eigenvalue weighted by atomic mass is 127. The van der Waals surface area contributed by atoms with E-state index >= 15 is 0 Å². The normalized spacial score (nSPS) is 22.8. The van der Waals surface area contributed by atoms with Crippen LogP contribution in [-0.4, -0.2) is 0 Å². The van der Waals surface area contributed by atoms with Gasteiger partial charge in [0.05, 0.1) is 0 Å². The SMILES string of the molecule is Ic1cccc(C2=C3C=CCCC3CC=C2)c1. The highest BCUT2D eigenvalue weighted by Gasteiger charge is 2.20. The first kappa shape index (κ1) is 11.3. The third-order valence-corrected chi connectivity index (χ3v) is 4.24. The zero-order valence-electron chi connectivity index (χ0n) is 9.70. The first-order valence-electron chi connectivity index (χ1n) is 6.18. The number of benzene rings is 1.